The summed E-state index contributed by atoms with van der Waals surface area (Å²) in [6.45, 7) is 0. The molecule has 2 aromatic rings. The lowest BCUT2D eigenvalue weighted by Gasteiger charge is -2.05. The standard InChI is InChI=1S/C15H14N2O4S/c16-14(19)13-12(15(20)21)10(8-22-13)17-11(18)7-6-9-4-2-1-3-5-9/h1-5,8H,6-7H2,(H2,16,19)(H,17,18)(H,20,21). The summed E-state index contributed by atoms with van der Waals surface area (Å²) >= 11 is 0.899. The minimum atomic E-state index is -1.30. The van der Waals surface area contributed by atoms with Crippen molar-refractivity contribution in [3.8, 4) is 0 Å². The summed E-state index contributed by atoms with van der Waals surface area (Å²) in [6.07, 6.45) is 0.757. The lowest BCUT2D eigenvalue weighted by atomic mass is 10.1. The highest BCUT2D eigenvalue weighted by Gasteiger charge is 2.22. The second kappa shape index (κ2) is 6.86. The van der Waals surface area contributed by atoms with Crippen LogP contribution < -0.4 is 11.1 Å². The van der Waals surface area contributed by atoms with Gasteiger partial charge < -0.3 is 16.2 Å². The van der Waals surface area contributed by atoms with E-state index in [9.17, 15) is 14.4 Å². The van der Waals surface area contributed by atoms with Crippen LogP contribution in [0.15, 0.2) is 35.7 Å². The van der Waals surface area contributed by atoms with Crippen LogP contribution in [0.5, 0.6) is 0 Å². The Morgan fingerprint density at radius 3 is 2.45 bits per heavy atom. The Morgan fingerprint density at radius 1 is 1.18 bits per heavy atom. The Hall–Kier alpha value is -2.67. The molecule has 1 aromatic heterocycles. The van der Waals surface area contributed by atoms with Gasteiger partial charge in [0.05, 0.1) is 5.69 Å². The molecule has 0 radical (unpaired) electrons. The first-order valence-corrected chi connectivity index (χ1v) is 7.35. The van der Waals surface area contributed by atoms with E-state index in [1.54, 1.807) is 0 Å². The molecule has 2 rings (SSSR count). The fraction of sp³-hybridized carbons (Fsp3) is 0.133. The highest BCUT2D eigenvalue weighted by molar-refractivity contribution is 7.13. The van der Waals surface area contributed by atoms with E-state index in [1.165, 1.54) is 5.38 Å². The molecule has 6 nitrogen and oxygen atoms in total. The Morgan fingerprint density at radius 2 is 1.86 bits per heavy atom. The molecule has 1 heterocycles. The van der Waals surface area contributed by atoms with Crippen LogP contribution in [0.1, 0.15) is 32.0 Å². The summed E-state index contributed by atoms with van der Waals surface area (Å²) in [5, 5.41) is 13.1. The van der Waals surface area contributed by atoms with Crippen molar-refractivity contribution < 1.29 is 19.5 Å². The molecule has 0 saturated heterocycles. The SMILES string of the molecule is NC(=O)c1scc(NC(=O)CCc2ccccc2)c1C(=O)O. The molecule has 0 aliphatic rings. The van der Waals surface area contributed by atoms with Crippen LogP contribution in [0.2, 0.25) is 0 Å². The zero-order valence-electron chi connectivity index (χ0n) is 11.5. The van der Waals surface area contributed by atoms with Crippen LogP contribution in [0, 0.1) is 0 Å². The molecule has 0 aliphatic carbocycles. The number of carbonyl (C=O) groups is 3. The third-order valence-corrected chi connectivity index (χ3v) is 3.98. The van der Waals surface area contributed by atoms with Gasteiger partial charge in [-0.1, -0.05) is 30.3 Å². The number of hydrogen-bond donors (Lipinski definition) is 3. The van der Waals surface area contributed by atoms with Gasteiger partial charge in [-0.05, 0) is 12.0 Å². The Balaban J connectivity index is 2.06. The number of amides is 2. The number of primary amides is 1. The zero-order chi connectivity index (χ0) is 16.1. The number of aromatic carboxylic acids is 1. The highest BCUT2D eigenvalue weighted by Crippen LogP contribution is 2.27. The van der Waals surface area contributed by atoms with Crippen LogP contribution >= 0.6 is 11.3 Å². The molecule has 0 atom stereocenters. The third-order valence-electron chi connectivity index (χ3n) is 2.99. The largest absolute Gasteiger partial charge is 0.478 e. The van der Waals surface area contributed by atoms with Crippen LogP contribution in [-0.2, 0) is 11.2 Å². The van der Waals surface area contributed by atoms with Gasteiger partial charge in [-0.15, -0.1) is 11.3 Å². The average molecular weight is 318 g/mol. The number of rotatable bonds is 6. The second-order valence-corrected chi connectivity index (χ2v) is 5.44. The Kier molecular flexibility index (Phi) is 4.90. The van der Waals surface area contributed by atoms with E-state index in [-0.39, 0.29) is 28.5 Å². The maximum absolute atomic E-state index is 11.9. The molecule has 4 N–H and O–H groups in total. The summed E-state index contributed by atoms with van der Waals surface area (Å²) in [7, 11) is 0. The van der Waals surface area contributed by atoms with E-state index >= 15 is 0 Å². The minimum absolute atomic E-state index is 0.0779. The molecule has 1 aromatic carbocycles. The monoisotopic (exact) mass is 318 g/mol. The predicted molar refractivity (Wildman–Crippen MR) is 83.2 cm³/mol. The number of nitrogens with one attached hydrogen (secondary N) is 1. The van der Waals surface area contributed by atoms with Crippen LogP contribution in [0.25, 0.3) is 0 Å². The van der Waals surface area contributed by atoms with Gasteiger partial charge in [-0.2, -0.15) is 0 Å². The van der Waals surface area contributed by atoms with Crippen molar-refractivity contribution in [2.24, 2.45) is 5.73 Å². The number of hydrogen-bond acceptors (Lipinski definition) is 4. The fourth-order valence-electron chi connectivity index (χ4n) is 1.96. The summed E-state index contributed by atoms with van der Waals surface area (Å²) in [4.78, 5) is 34.3. The minimum Gasteiger partial charge on any atom is -0.478 e. The number of carboxylic acid groups (broad SMARTS) is 1. The maximum atomic E-state index is 11.9. The van der Waals surface area contributed by atoms with Crippen molar-refractivity contribution in [1.82, 2.24) is 0 Å². The molecule has 22 heavy (non-hydrogen) atoms. The van der Waals surface area contributed by atoms with Crippen LogP contribution in [0.4, 0.5) is 5.69 Å². The highest BCUT2D eigenvalue weighted by atomic mass is 32.1. The van der Waals surface area contributed by atoms with Gasteiger partial charge >= 0.3 is 5.97 Å². The van der Waals surface area contributed by atoms with Gasteiger partial charge in [0.2, 0.25) is 5.91 Å². The maximum Gasteiger partial charge on any atom is 0.339 e. The smallest absolute Gasteiger partial charge is 0.339 e. The number of thiophene rings is 1. The second-order valence-electron chi connectivity index (χ2n) is 4.56. The molecule has 0 aliphatic heterocycles. The average Bonchev–Trinajstić information content (AvgIpc) is 2.90. The lowest BCUT2D eigenvalue weighted by molar-refractivity contribution is -0.116. The molecular formula is C15H14N2O4S. The molecule has 114 valence electrons. The first-order chi connectivity index (χ1) is 10.5. The number of aryl methyl sites for hydroxylation is 1. The number of anilines is 1. The van der Waals surface area contributed by atoms with Crippen LogP contribution in [0.3, 0.4) is 0 Å². The number of nitrogens with two attached hydrogens (primary N) is 1. The van der Waals surface area contributed by atoms with Gasteiger partial charge in [0, 0.05) is 11.8 Å². The molecule has 7 heteroatoms. The topological polar surface area (TPSA) is 109 Å². The normalized spacial score (nSPS) is 10.2. The summed E-state index contributed by atoms with van der Waals surface area (Å²) < 4.78 is 0. The van der Waals surface area contributed by atoms with Crippen LogP contribution in [-0.4, -0.2) is 22.9 Å². The lowest BCUT2D eigenvalue weighted by Crippen LogP contribution is -2.17. The fourth-order valence-corrected chi connectivity index (χ4v) is 2.80. The van der Waals surface area contributed by atoms with Crippen molar-refractivity contribution in [3.05, 3.63) is 51.7 Å². The third kappa shape index (κ3) is 3.70. The molecule has 0 unspecified atom stereocenters. The van der Waals surface area contributed by atoms with Crippen molar-refractivity contribution in [3.63, 3.8) is 0 Å². The van der Waals surface area contributed by atoms with Crippen molar-refractivity contribution in [2.45, 2.75) is 12.8 Å². The summed E-state index contributed by atoms with van der Waals surface area (Å²) in [5.41, 5.74) is 5.98. The Bertz CT molecular complexity index is 710. The molecule has 2 amide bonds. The van der Waals surface area contributed by atoms with E-state index < -0.39 is 11.9 Å². The van der Waals surface area contributed by atoms with E-state index in [4.69, 9.17) is 10.8 Å². The first kappa shape index (κ1) is 15.7. The van der Waals surface area contributed by atoms with Crippen molar-refractivity contribution in [2.75, 3.05) is 5.32 Å². The van der Waals surface area contributed by atoms with Gasteiger partial charge in [-0.3, -0.25) is 9.59 Å². The molecule has 0 spiro atoms. The van der Waals surface area contributed by atoms with Crippen molar-refractivity contribution >= 4 is 34.8 Å². The van der Waals surface area contributed by atoms with Crippen molar-refractivity contribution in [1.29, 1.82) is 0 Å². The molecule has 0 fully saturated rings. The molecule has 0 bridgehead atoms. The van der Waals surface area contributed by atoms with Gasteiger partial charge in [-0.25, -0.2) is 4.79 Å². The van der Waals surface area contributed by atoms with E-state index in [0.717, 1.165) is 16.9 Å². The quantitative estimate of drug-likeness (QED) is 0.757. The molecular weight excluding hydrogens is 304 g/mol. The number of benzene rings is 1. The predicted octanol–water partition coefficient (Wildman–Crippen LogP) is 2.12. The molecule has 0 saturated carbocycles. The van der Waals surface area contributed by atoms with Gasteiger partial charge in [0.1, 0.15) is 10.4 Å². The summed E-state index contributed by atoms with van der Waals surface area (Å²) in [5.74, 6) is -2.44. The Labute approximate surface area is 130 Å². The van der Waals surface area contributed by atoms with Gasteiger partial charge in [0.25, 0.3) is 5.91 Å². The van der Waals surface area contributed by atoms with E-state index in [0.29, 0.717) is 6.42 Å². The zero-order valence-corrected chi connectivity index (χ0v) is 12.4. The van der Waals surface area contributed by atoms with Gasteiger partial charge in [0.15, 0.2) is 0 Å². The number of carboxylic acids is 1. The number of carbonyl (C=O) groups excluding carboxylic acids is 2. The first-order valence-electron chi connectivity index (χ1n) is 6.47. The summed E-state index contributed by atoms with van der Waals surface area (Å²) in [6, 6.07) is 9.47. The van der Waals surface area contributed by atoms with E-state index in [1.807, 2.05) is 30.3 Å². The van der Waals surface area contributed by atoms with E-state index in [2.05, 4.69) is 5.32 Å².